The summed E-state index contributed by atoms with van der Waals surface area (Å²) >= 11 is 0. The summed E-state index contributed by atoms with van der Waals surface area (Å²) < 4.78 is 24.1. The number of halogens is 1. The van der Waals surface area contributed by atoms with Crippen LogP contribution < -0.4 is 4.72 Å². The van der Waals surface area contributed by atoms with Crippen molar-refractivity contribution in [2.75, 3.05) is 11.0 Å². The van der Waals surface area contributed by atoms with E-state index in [1.54, 1.807) is 12.1 Å². The molecule has 1 aromatic carbocycles. The van der Waals surface area contributed by atoms with Crippen molar-refractivity contribution in [2.24, 2.45) is 0 Å². The van der Waals surface area contributed by atoms with Crippen molar-refractivity contribution in [1.29, 1.82) is 0 Å². The smallest absolute Gasteiger partial charge is 0.229 e. The zero-order chi connectivity index (χ0) is 9.19. The van der Waals surface area contributed by atoms with Gasteiger partial charge in [0, 0.05) is 0 Å². The van der Waals surface area contributed by atoms with E-state index in [2.05, 4.69) is 4.72 Å². The maximum absolute atomic E-state index is 10.8. The maximum Gasteiger partial charge on any atom is 0.229 e. The Hall–Kier alpha value is -0.740. The van der Waals surface area contributed by atoms with E-state index in [-0.39, 0.29) is 12.4 Å². The topological polar surface area (TPSA) is 46.2 Å². The van der Waals surface area contributed by atoms with Crippen LogP contribution in [-0.4, -0.2) is 14.7 Å². The molecule has 0 amide bonds. The highest BCUT2D eigenvalue weighted by Gasteiger charge is 2.02. The first-order chi connectivity index (χ1) is 5.49. The van der Waals surface area contributed by atoms with Gasteiger partial charge in [0.25, 0.3) is 0 Å². The van der Waals surface area contributed by atoms with Gasteiger partial charge in [-0.15, -0.1) is 12.4 Å². The molecule has 5 heteroatoms. The van der Waals surface area contributed by atoms with Gasteiger partial charge in [-0.2, -0.15) is 0 Å². The van der Waals surface area contributed by atoms with Crippen molar-refractivity contribution in [3.63, 3.8) is 0 Å². The summed E-state index contributed by atoms with van der Waals surface area (Å²) in [5.74, 6) is 0. The van der Waals surface area contributed by atoms with Gasteiger partial charge < -0.3 is 0 Å². The molecule has 1 rings (SSSR count). The Kier molecular flexibility index (Phi) is 4.23. The molecule has 0 aliphatic heterocycles. The van der Waals surface area contributed by atoms with Crippen LogP contribution >= 0.6 is 12.4 Å². The fourth-order valence-electron chi connectivity index (χ4n) is 0.887. The van der Waals surface area contributed by atoms with Crippen LogP contribution in [0.2, 0.25) is 0 Å². The van der Waals surface area contributed by atoms with Crippen LogP contribution in [0.5, 0.6) is 0 Å². The fraction of sp³-hybridized carbons (Fsp3) is 0.250. The number of nitrogens with one attached hydrogen (secondary N) is 1. The number of rotatable bonds is 2. The Morgan fingerprint density at radius 3 is 2.23 bits per heavy atom. The Morgan fingerprint density at radius 2 is 1.77 bits per heavy atom. The van der Waals surface area contributed by atoms with Crippen molar-refractivity contribution in [1.82, 2.24) is 0 Å². The Morgan fingerprint density at radius 1 is 1.23 bits per heavy atom. The van der Waals surface area contributed by atoms with E-state index in [4.69, 9.17) is 0 Å². The summed E-state index contributed by atoms with van der Waals surface area (Å²) in [5, 5.41) is 0. The second-order valence-corrected chi connectivity index (χ2v) is 4.44. The van der Waals surface area contributed by atoms with Crippen LogP contribution in [0.4, 0.5) is 5.69 Å². The number of benzene rings is 1. The third kappa shape index (κ3) is 4.15. The van der Waals surface area contributed by atoms with Gasteiger partial charge in [-0.25, -0.2) is 8.42 Å². The molecule has 0 fully saturated rings. The van der Waals surface area contributed by atoms with Crippen molar-refractivity contribution >= 4 is 28.1 Å². The Bertz CT molecular complexity index is 375. The van der Waals surface area contributed by atoms with Crippen LogP contribution in [0, 0.1) is 6.92 Å². The predicted molar refractivity (Wildman–Crippen MR) is 56.9 cm³/mol. The second-order valence-electron chi connectivity index (χ2n) is 2.69. The number of hydrogen-bond acceptors (Lipinski definition) is 2. The zero-order valence-corrected chi connectivity index (χ0v) is 9.08. The van der Waals surface area contributed by atoms with Gasteiger partial charge in [-0.1, -0.05) is 18.2 Å². The minimum absolute atomic E-state index is 0. The van der Waals surface area contributed by atoms with Gasteiger partial charge in [0.05, 0.1) is 11.9 Å². The number of aryl methyl sites for hydroxylation is 1. The summed E-state index contributed by atoms with van der Waals surface area (Å²) in [6.45, 7) is 1.85. The third-order valence-electron chi connectivity index (χ3n) is 1.44. The summed E-state index contributed by atoms with van der Waals surface area (Å²) in [6.07, 6.45) is 1.14. The highest BCUT2D eigenvalue weighted by molar-refractivity contribution is 7.92. The molecule has 0 bridgehead atoms. The van der Waals surface area contributed by atoms with Gasteiger partial charge in [0.2, 0.25) is 10.0 Å². The van der Waals surface area contributed by atoms with Crippen LogP contribution in [0.1, 0.15) is 5.56 Å². The zero-order valence-electron chi connectivity index (χ0n) is 7.44. The molecule has 3 nitrogen and oxygen atoms in total. The van der Waals surface area contributed by atoms with Gasteiger partial charge in [-0.3, -0.25) is 4.72 Å². The van der Waals surface area contributed by atoms with Gasteiger partial charge in [0.1, 0.15) is 0 Å². The van der Waals surface area contributed by atoms with Gasteiger partial charge >= 0.3 is 0 Å². The molecular formula is C8H12ClNO2S. The van der Waals surface area contributed by atoms with Crippen LogP contribution in [0.15, 0.2) is 24.3 Å². The highest BCUT2D eigenvalue weighted by atomic mass is 35.5. The second kappa shape index (κ2) is 4.48. The monoisotopic (exact) mass is 221 g/mol. The number of para-hydroxylation sites is 1. The van der Waals surface area contributed by atoms with E-state index in [0.29, 0.717) is 5.69 Å². The summed E-state index contributed by atoms with van der Waals surface area (Å²) in [7, 11) is -3.15. The SMILES string of the molecule is Cc1ccccc1NS(C)(=O)=O.Cl. The molecule has 1 aromatic rings. The van der Waals surface area contributed by atoms with Crippen LogP contribution in [-0.2, 0) is 10.0 Å². The third-order valence-corrected chi connectivity index (χ3v) is 2.03. The van der Waals surface area contributed by atoms with E-state index in [1.807, 2.05) is 19.1 Å². The predicted octanol–water partition coefficient (Wildman–Crippen LogP) is 1.79. The average Bonchev–Trinajstić information content (AvgIpc) is 1.91. The number of hydrogen-bond donors (Lipinski definition) is 1. The molecule has 74 valence electrons. The summed E-state index contributed by atoms with van der Waals surface area (Å²) in [5.41, 5.74) is 1.56. The molecule has 0 spiro atoms. The molecule has 0 unspecified atom stereocenters. The first-order valence-corrected chi connectivity index (χ1v) is 5.41. The molecule has 1 N–H and O–H groups in total. The minimum atomic E-state index is -3.15. The largest absolute Gasteiger partial charge is 0.284 e. The lowest BCUT2D eigenvalue weighted by Crippen LogP contribution is -2.10. The van der Waals surface area contributed by atoms with E-state index in [9.17, 15) is 8.42 Å². The van der Waals surface area contributed by atoms with Gasteiger partial charge in [0.15, 0.2) is 0 Å². The quantitative estimate of drug-likeness (QED) is 0.828. The highest BCUT2D eigenvalue weighted by Crippen LogP contribution is 2.13. The van der Waals surface area contributed by atoms with Crippen molar-refractivity contribution in [3.05, 3.63) is 29.8 Å². The normalized spacial score (nSPS) is 10.3. The summed E-state index contributed by atoms with van der Waals surface area (Å²) in [6, 6.07) is 7.24. The Balaban J connectivity index is 0.00000144. The standard InChI is InChI=1S/C8H11NO2S.ClH/c1-7-5-3-4-6-8(7)9-12(2,10)11;/h3-6,9H,1-2H3;1H. The van der Waals surface area contributed by atoms with Gasteiger partial charge in [-0.05, 0) is 18.6 Å². The van der Waals surface area contributed by atoms with Crippen molar-refractivity contribution in [3.8, 4) is 0 Å². The molecule has 0 atom stereocenters. The molecule has 13 heavy (non-hydrogen) atoms. The average molecular weight is 222 g/mol. The van der Waals surface area contributed by atoms with Crippen LogP contribution in [0.25, 0.3) is 0 Å². The van der Waals surface area contributed by atoms with Crippen molar-refractivity contribution < 1.29 is 8.42 Å². The van der Waals surface area contributed by atoms with E-state index >= 15 is 0 Å². The van der Waals surface area contributed by atoms with E-state index in [1.165, 1.54) is 0 Å². The fourth-order valence-corrected chi connectivity index (χ4v) is 1.52. The van der Waals surface area contributed by atoms with E-state index in [0.717, 1.165) is 11.8 Å². The number of sulfonamides is 1. The molecule has 0 radical (unpaired) electrons. The molecule has 0 aliphatic rings. The first kappa shape index (κ1) is 12.3. The molecule has 0 aliphatic carbocycles. The lowest BCUT2D eigenvalue weighted by Gasteiger charge is -2.05. The molecule has 0 saturated carbocycles. The molecular weight excluding hydrogens is 210 g/mol. The Labute approximate surface area is 84.6 Å². The molecule has 0 saturated heterocycles. The van der Waals surface area contributed by atoms with Crippen molar-refractivity contribution in [2.45, 2.75) is 6.92 Å². The maximum atomic E-state index is 10.8. The van der Waals surface area contributed by atoms with Crippen LogP contribution in [0.3, 0.4) is 0 Å². The molecule has 0 heterocycles. The van der Waals surface area contributed by atoms with E-state index < -0.39 is 10.0 Å². The minimum Gasteiger partial charge on any atom is -0.284 e. The first-order valence-electron chi connectivity index (χ1n) is 3.52. The lowest BCUT2D eigenvalue weighted by atomic mass is 10.2. The summed E-state index contributed by atoms with van der Waals surface area (Å²) in [4.78, 5) is 0. The lowest BCUT2D eigenvalue weighted by molar-refractivity contribution is 0.607. The number of anilines is 1. The molecule has 0 aromatic heterocycles.